The van der Waals surface area contributed by atoms with Gasteiger partial charge in [0.15, 0.2) is 5.15 Å². The molecule has 1 saturated carbocycles. The fourth-order valence-electron chi connectivity index (χ4n) is 3.72. The molecule has 0 amide bonds. The average molecular weight is 445 g/mol. The molecule has 4 rings (SSSR count). The van der Waals surface area contributed by atoms with E-state index in [1.165, 1.54) is 4.68 Å². The van der Waals surface area contributed by atoms with Crippen molar-refractivity contribution in [3.05, 3.63) is 51.3 Å². The van der Waals surface area contributed by atoms with Crippen molar-refractivity contribution in [2.75, 3.05) is 25.7 Å². The largest absolute Gasteiger partial charge is 0.495 e. The smallest absolute Gasteiger partial charge is 0.290 e. The van der Waals surface area contributed by atoms with Crippen molar-refractivity contribution in [1.29, 1.82) is 0 Å². The van der Waals surface area contributed by atoms with Crippen molar-refractivity contribution in [2.24, 2.45) is 20.0 Å². The Morgan fingerprint density at radius 1 is 1.26 bits per heavy atom. The van der Waals surface area contributed by atoms with Crippen molar-refractivity contribution in [3.63, 3.8) is 0 Å². The second-order valence-electron chi connectivity index (χ2n) is 7.74. The molecule has 0 saturated heterocycles. The Morgan fingerprint density at radius 3 is 2.65 bits per heavy atom. The van der Waals surface area contributed by atoms with E-state index in [0.717, 1.165) is 23.6 Å². The second kappa shape index (κ2) is 8.22. The topological polar surface area (TPSA) is 87.3 Å². The zero-order valence-corrected chi connectivity index (χ0v) is 18.9. The molecule has 0 spiro atoms. The predicted octanol–water partition coefficient (Wildman–Crippen LogP) is 2.83. The molecule has 0 aromatic carbocycles. The number of nitrogens with zero attached hydrogens (tertiary/aromatic N) is 6. The summed E-state index contributed by atoms with van der Waals surface area (Å²) in [5.41, 5.74) is 2.59. The van der Waals surface area contributed by atoms with Crippen LogP contribution in [0.3, 0.4) is 0 Å². The molecular weight excluding hydrogens is 420 g/mol. The summed E-state index contributed by atoms with van der Waals surface area (Å²) in [5, 5.41) is 9.02. The summed E-state index contributed by atoms with van der Waals surface area (Å²) < 4.78 is 14.0. The number of rotatable bonds is 7. The normalized spacial score (nSPS) is 17.5. The lowest BCUT2D eigenvalue weighted by atomic mass is 10.2. The maximum absolute atomic E-state index is 12.7. The monoisotopic (exact) mass is 444 g/mol. The third kappa shape index (κ3) is 4.10. The standard InChI is InChI=1S/C21H25ClN6O3/c1-12-19(20(22)27(3)24-12)26(2)17-9-18(25-28(4)21(17)29)31-11-13-8-15(13)16-7-6-14(30-5)10-23-16/h6-7,9-10,13,15H,8,11H2,1-5H3/t13-,15+/m1/s1. The number of halogens is 1. The quantitative estimate of drug-likeness (QED) is 0.553. The molecule has 1 fully saturated rings. The minimum atomic E-state index is -0.249. The lowest BCUT2D eigenvalue weighted by Crippen LogP contribution is -2.27. The van der Waals surface area contributed by atoms with Gasteiger partial charge in [-0.2, -0.15) is 5.10 Å². The summed E-state index contributed by atoms with van der Waals surface area (Å²) >= 11 is 6.38. The molecule has 3 aromatic heterocycles. The summed E-state index contributed by atoms with van der Waals surface area (Å²) in [4.78, 5) is 18.9. The summed E-state index contributed by atoms with van der Waals surface area (Å²) in [6.45, 7) is 2.35. The van der Waals surface area contributed by atoms with Gasteiger partial charge in [0, 0.05) is 44.7 Å². The molecular formula is C21H25ClN6O3. The molecule has 1 aliphatic rings. The Bertz CT molecular complexity index is 1160. The number of hydrogen-bond acceptors (Lipinski definition) is 7. The molecule has 3 heterocycles. The van der Waals surface area contributed by atoms with Gasteiger partial charge in [-0.05, 0) is 25.5 Å². The van der Waals surface area contributed by atoms with E-state index < -0.39 is 0 Å². The van der Waals surface area contributed by atoms with E-state index in [0.29, 0.717) is 40.9 Å². The second-order valence-corrected chi connectivity index (χ2v) is 8.10. The maximum Gasteiger partial charge on any atom is 0.290 e. The molecule has 0 N–H and O–H groups in total. The van der Waals surface area contributed by atoms with Crippen molar-refractivity contribution in [3.8, 4) is 11.6 Å². The van der Waals surface area contributed by atoms with Gasteiger partial charge in [0.2, 0.25) is 5.88 Å². The van der Waals surface area contributed by atoms with Crippen molar-refractivity contribution in [1.82, 2.24) is 24.5 Å². The van der Waals surface area contributed by atoms with Gasteiger partial charge in [-0.15, -0.1) is 5.10 Å². The van der Waals surface area contributed by atoms with Crippen LogP contribution in [-0.4, -0.2) is 45.3 Å². The van der Waals surface area contributed by atoms with Crippen LogP contribution in [0.2, 0.25) is 5.15 Å². The molecule has 0 radical (unpaired) electrons. The highest BCUT2D eigenvalue weighted by atomic mass is 35.5. The molecule has 3 aromatic rings. The fraction of sp³-hybridized carbons (Fsp3) is 0.429. The van der Waals surface area contributed by atoms with E-state index >= 15 is 0 Å². The lowest BCUT2D eigenvalue weighted by Gasteiger charge is -2.19. The minimum Gasteiger partial charge on any atom is -0.495 e. The SMILES string of the molecule is COc1ccc([C@H]2C[C@@H]2COc2cc(N(C)c3c(C)nn(C)c3Cl)c(=O)n(C)n2)nc1. The Kier molecular flexibility index (Phi) is 5.62. The van der Waals surface area contributed by atoms with E-state index in [4.69, 9.17) is 21.1 Å². The van der Waals surface area contributed by atoms with Gasteiger partial charge in [-0.25, -0.2) is 4.68 Å². The van der Waals surface area contributed by atoms with Crippen molar-refractivity contribution in [2.45, 2.75) is 19.3 Å². The van der Waals surface area contributed by atoms with Gasteiger partial charge < -0.3 is 14.4 Å². The number of hydrogen-bond donors (Lipinski definition) is 0. The Labute approximate surface area is 185 Å². The molecule has 10 heteroatoms. The van der Waals surface area contributed by atoms with Crippen LogP contribution in [0.1, 0.15) is 23.7 Å². The molecule has 0 bridgehead atoms. The minimum absolute atomic E-state index is 0.249. The number of aryl methyl sites for hydroxylation is 3. The lowest BCUT2D eigenvalue weighted by molar-refractivity contribution is 0.278. The highest BCUT2D eigenvalue weighted by molar-refractivity contribution is 6.32. The Balaban J connectivity index is 1.49. The number of pyridine rings is 1. The first-order valence-electron chi connectivity index (χ1n) is 9.94. The van der Waals surface area contributed by atoms with E-state index in [1.54, 1.807) is 50.1 Å². The fourth-order valence-corrected chi connectivity index (χ4v) is 4.02. The van der Waals surface area contributed by atoms with Crippen LogP contribution in [0.4, 0.5) is 11.4 Å². The zero-order chi connectivity index (χ0) is 22.3. The highest BCUT2D eigenvalue weighted by Gasteiger charge is 2.40. The molecule has 9 nitrogen and oxygen atoms in total. The average Bonchev–Trinajstić information content (AvgIpc) is 3.48. The van der Waals surface area contributed by atoms with E-state index in [9.17, 15) is 4.79 Å². The van der Waals surface area contributed by atoms with E-state index in [1.807, 2.05) is 19.1 Å². The van der Waals surface area contributed by atoms with Crippen molar-refractivity contribution >= 4 is 23.0 Å². The van der Waals surface area contributed by atoms with Crippen LogP contribution in [0.25, 0.3) is 0 Å². The molecule has 0 aliphatic heterocycles. The first-order chi connectivity index (χ1) is 14.8. The summed E-state index contributed by atoms with van der Waals surface area (Å²) in [6, 6.07) is 5.55. The highest BCUT2D eigenvalue weighted by Crippen LogP contribution is 2.47. The molecule has 1 aliphatic carbocycles. The molecule has 2 atom stereocenters. The van der Waals surface area contributed by atoms with Crippen LogP contribution >= 0.6 is 11.6 Å². The third-order valence-electron chi connectivity index (χ3n) is 5.58. The van der Waals surface area contributed by atoms with Crippen LogP contribution in [0, 0.1) is 12.8 Å². The molecule has 31 heavy (non-hydrogen) atoms. The predicted molar refractivity (Wildman–Crippen MR) is 118 cm³/mol. The summed E-state index contributed by atoms with van der Waals surface area (Å²) in [7, 11) is 6.77. The van der Waals surface area contributed by atoms with Gasteiger partial charge in [0.05, 0.1) is 25.6 Å². The van der Waals surface area contributed by atoms with Crippen molar-refractivity contribution < 1.29 is 9.47 Å². The first-order valence-corrected chi connectivity index (χ1v) is 10.3. The molecule has 0 unspecified atom stereocenters. The van der Waals surface area contributed by atoms with Crippen LogP contribution in [0.15, 0.2) is 29.2 Å². The third-order valence-corrected chi connectivity index (χ3v) is 6.01. The Morgan fingerprint density at radius 2 is 2.03 bits per heavy atom. The van der Waals surface area contributed by atoms with Gasteiger partial charge in [0.25, 0.3) is 5.56 Å². The number of ether oxygens (including phenoxy) is 2. The maximum atomic E-state index is 12.7. The number of aromatic nitrogens is 5. The number of methoxy groups -OCH3 is 1. The van der Waals surface area contributed by atoms with Gasteiger partial charge >= 0.3 is 0 Å². The summed E-state index contributed by atoms with van der Waals surface area (Å²) in [5.74, 6) is 1.84. The van der Waals surface area contributed by atoms with E-state index in [2.05, 4.69) is 15.2 Å². The summed E-state index contributed by atoms with van der Waals surface area (Å²) in [6.07, 6.45) is 2.73. The van der Waals surface area contributed by atoms with E-state index in [-0.39, 0.29) is 5.56 Å². The van der Waals surface area contributed by atoms with Gasteiger partial charge in [-0.3, -0.25) is 14.5 Å². The van der Waals surface area contributed by atoms with Gasteiger partial charge in [-0.1, -0.05) is 11.6 Å². The van der Waals surface area contributed by atoms with Gasteiger partial charge in [0.1, 0.15) is 17.1 Å². The first kappa shape index (κ1) is 21.2. The zero-order valence-electron chi connectivity index (χ0n) is 18.2. The Hall–Kier alpha value is -3.07. The van der Waals surface area contributed by atoms with Crippen LogP contribution < -0.4 is 19.9 Å². The van der Waals surface area contributed by atoms with Crippen LogP contribution in [0.5, 0.6) is 11.6 Å². The van der Waals surface area contributed by atoms with Crippen LogP contribution in [-0.2, 0) is 14.1 Å². The number of anilines is 2. The molecule has 164 valence electrons.